The highest BCUT2D eigenvalue weighted by Crippen LogP contribution is 1.92. The van der Waals surface area contributed by atoms with E-state index in [0.717, 1.165) is 37.4 Å². The lowest BCUT2D eigenvalue weighted by atomic mass is 10.3. The van der Waals surface area contributed by atoms with E-state index in [9.17, 15) is 0 Å². The average Bonchev–Trinajstić information content (AvgIpc) is 2.13. The maximum absolute atomic E-state index is 4.14. The smallest absolute Gasteiger partial charge is 0.0264 e. The fraction of sp³-hybridized carbons (Fsp3) is 0.600. The van der Waals surface area contributed by atoms with Crippen molar-refractivity contribution in [2.24, 2.45) is 0 Å². The van der Waals surface area contributed by atoms with Crippen LogP contribution in [0.2, 0.25) is 0 Å². The number of allylic oxidation sites excluding steroid dienone is 1. The van der Waals surface area contributed by atoms with Crippen LogP contribution in [-0.4, -0.2) is 25.9 Å². The van der Waals surface area contributed by atoms with Crippen LogP contribution in [0.15, 0.2) is 24.4 Å². The molecule has 0 fully saturated rings. The molecule has 0 aliphatic rings. The number of thiol groups is 1. The van der Waals surface area contributed by atoms with Gasteiger partial charge < -0.3 is 10.6 Å². The van der Waals surface area contributed by atoms with E-state index in [0.29, 0.717) is 0 Å². The second-order valence-corrected chi connectivity index (χ2v) is 3.29. The van der Waals surface area contributed by atoms with Crippen molar-refractivity contribution in [1.29, 1.82) is 0 Å². The average molecular weight is 200 g/mol. The number of hydrogen-bond donors (Lipinski definition) is 3. The van der Waals surface area contributed by atoms with Gasteiger partial charge in [0.15, 0.2) is 0 Å². The van der Waals surface area contributed by atoms with Crippen LogP contribution in [0, 0.1) is 0 Å². The largest absolute Gasteiger partial charge is 0.386 e. The summed E-state index contributed by atoms with van der Waals surface area (Å²) in [7, 11) is 1.92. The molecule has 0 bridgehead atoms. The summed E-state index contributed by atoms with van der Waals surface area (Å²) in [5.74, 6) is 0.962. The Balaban J connectivity index is 3.29. The van der Waals surface area contributed by atoms with Gasteiger partial charge in [0.1, 0.15) is 0 Å². The van der Waals surface area contributed by atoms with Crippen LogP contribution in [0.1, 0.15) is 12.8 Å². The summed E-state index contributed by atoms with van der Waals surface area (Å²) >= 11 is 4.14. The molecule has 0 atom stereocenters. The minimum Gasteiger partial charge on any atom is -0.386 e. The molecule has 0 spiro atoms. The third-order valence-electron chi connectivity index (χ3n) is 1.58. The first-order valence-corrected chi connectivity index (χ1v) is 5.29. The zero-order chi connectivity index (χ0) is 9.94. The number of rotatable bonds is 8. The van der Waals surface area contributed by atoms with Crippen molar-refractivity contribution in [2.45, 2.75) is 12.8 Å². The van der Waals surface area contributed by atoms with Gasteiger partial charge in [-0.05, 0) is 31.7 Å². The minimum absolute atomic E-state index is 0.886. The zero-order valence-corrected chi connectivity index (χ0v) is 9.24. The van der Waals surface area contributed by atoms with Gasteiger partial charge in [-0.15, -0.1) is 0 Å². The first-order valence-electron chi connectivity index (χ1n) is 4.66. The van der Waals surface area contributed by atoms with Crippen molar-refractivity contribution in [3.05, 3.63) is 24.4 Å². The third-order valence-corrected chi connectivity index (χ3v) is 1.89. The molecule has 2 nitrogen and oxygen atoms in total. The van der Waals surface area contributed by atoms with Gasteiger partial charge in [-0.2, -0.15) is 12.6 Å². The van der Waals surface area contributed by atoms with Crippen LogP contribution in [-0.2, 0) is 0 Å². The molecule has 0 aliphatic heterocycles. The van der Waals surface area contributed by atoms with E-state index in [1.54, 1.807) is 0 Å². The first-order chi connectivity index (χ1) is 6.31. The Morgan fingerprint density at radius 1 is 1.46 bits per heavy atom. The molecule has 0 aromatic rings. The molecule has 0 aliphatic carbocycles. The predicted molar refractivity (Wildman–Crippen MR) is 63.3 cm³/mol. The van der Waals surface area contributed by atoms with Gasteiger partial charge in [0.2, 0.25) is 0 Å². The Morgan fingerprint density at radius 3 is 2.85 bits per heavy atom. The number of unbranched alkanes of at least 4 members (excludes halogenated alkanes) is 1. The molecule has 0 radical (unpaired) electrons. The molecular weight excluding hydrogens is 180 g/mol. The van der Waals surface area contributed by atoms with Gasteiger partial charge in [0.25, 0.3) is 0 Å². The van der Waals surface area contributed by atoms with E-state index in [2.05, 4.69) is 29.8 Å². The maximum atomic E-state index is 4.14. The lowest BCUT2D eigenvalue weighted by Gasteiger charge is -2.04. The lowest BCUT2D eigenvalue weighted by molar-refractivity contribution is 0.726. The maximum Gasteiger partial charge on any atom is 0.0264 e. The molecule has 13 heavy (non-hydrogen) atoms. The van der Waals surface area contributed by atoms with Crippen LogP contribution < -0.4 is 10.6 Å². The summed E-state index contributed by atoms with van der Waals surface area (Å²) in [6.07, 6.45) is 6.36. The van der Waals surface area contributed by atoms with Crippen molar-refractivity contribution in [1.82, 2.24) is 10.6 Å². The first kappa shape index (κ1) is 12.6. The summed E-state index contributed by atoms with van der Waals surface area (Å²) in [6, 6.07) is 0. The topological polar surface area (TPSA) is 24.1 Å². The van der Waals surface area contributed by atoms with Gasteiger partial charge in [-0.3, -0.25) is 0 Å². The molecule has 0 saturated carbocycles. The van der Waals surface area contributed by atoms with Gasteiger partial charge in [-0.1, -0.05) is 12.7 Å². The van der Waals surface area contributed by atoms with E-state index in [1.165, 1.54) is 0 Å². The zero-order valence-electron chi connectivity index (χ0n) is 8.34. The molecule has 0 aromatic carbocycles. The Bertz CT molecular complexity index is 155. The molecule has 0 rings (SSSR count). The fourth-order valence-electron chi connectivity index (χ4n) is 0.864. The molecule has 0 heterocycles. The summed E-state index contributed by atoms with van der Waals surface area (Å²) in [6.45, 7) is 5.75. The second-order valence-electron chi connectivity index (χ2n) is 2.84. The van der Waals surface area contributed by atoms with Gasteiger partial charge in [0, 0.05) is 18.8 Å². The predicted octanol–water partition coefficient (Wildman–Crippen LogP) is 1.58. The van der Waals surface area contributed by atoms with Crippen LogP contribution in [0.25, 0.3) is 0 Å². The molecule has 2 N–H and O–H groups in total. The molecule has 3 heteroatoms. The molecular formula is C10H20N2S. The van der Waals surface area contributed by atoms with Crippen molar-refractivity contribution in [2.75, 3.05) is 25.9 Å². The van der Waals surface area contributed by atoms with Gasteiger partial charge in [-0.25, -0.2) is 0 Å². The monoisotopic (exact) mass is 200 g/mol. The Kier molecular flexibility index (Phi) is 9.37. The minimum atomic E-state index is 0.886. The summed E-state index contributed by atoms with van der Waals surface area (Å²) < 4.78 is 0. The normalized spacial score (nSPS) is 10.6. The van der Waals surface area contributed by atoms with Crippen molar-refractivity contribution in [3.63, 3.8) is 0 Å². The van der Waals surface area contributed by atoms with Crippen molar-refractivity contribution >= 4 is 12.6 Å². The summed E-state index contributed by atoms with van der Waals surface area (Å²) in [5.41, 5.74) is 0.981. The van der Waals surface area contributed by atoms with Crippen molar-refractivity contribution in [3.8, 4) is 0 Å². The Hall–Kier alpha value is -0.410. The van der Waals surface area contributed by atoms with Crippen LogP contribution in [0.5, 0.6) is 0 Å². The highest BCUT2D eigenvalue weighted by Gasteiger charge is 1.87. The van der Waals surface area contributed by atoms with Gasteiger partial charge >= 0.3 is 0 Å². The van der Waals surface area contributed by atoms with Crippen molar-refractivity contribution < 1.29 is 0 Å². The quantitative estimate of drug-likeness (QED) is 0.315. The lowest BCUT2D eigenvalue weighted by Crippen LogP contribution is -2.13. The van der Waals surface area contributed by atoms with E-state index < -0.39 is 0 Å². The molecule has 0 aromatic heterocycles. The Labute approximate surface area is 86.9 Å². The standard InChI is InChI=1S/C10H20N2S/c1-10(6-5-7-11-2)12-8-3-4-9-13/h5-6,11-13H,1,3-4,7-9H2,2H3/b6-5+. The van der Waals surface area contributed by atoms with E-state index >= 15 is 0 Å². The van der Waals surface area contributed by atoms with Gasteiger partial charge in [0.05, 0.1) is 0 Å². The molecule has 0 saturated heterocycles. The summed E-state index contributed by atoms with van der Waals surface area (Å²) in [5, 5.41) is 6.27. The number of likely N-dealkylation sites (N-methyl/N-ethyl adjacent to an activating group) is 1. The SMILES string of the molecule is C=C(/C=C/CNC)NCCCCS. The van der Waals surface area contributed by atoms with Crippen LogP contribution >= 0.6 is 12.6 Å². The van der Waals surface area contributed by atoms with Crippen LogP contribution in [0.4, 0.5) is 0 Å². The summed E-state index contributed by atoms with van der Waals surface area (Å²) in [4.78, 5) is 0. The third kappa shape index (κ3) is 9.50. The van der Waals surface area contributed by atoms with E-state index in [-0.39, 0.29) is 0 Å². The highest BCUT2D eigenvalue weighted by atomic mass is 32.1. The highest BCUT2D eigenvalue weighted by molar-refractivity contribution is 7.80. The fourth-order valence-corrected chi connectivity index (χ4v) is 1.09. The number of nitrogens with one attached hydrogen (secondary N) is 2. The molecule has 0 unspecified atom stereocenters. The number of hydrogen-bond acceptors (Lipinski definition) is 3. The second kappa shape index (κ2) is 9.68. The van der Waals surface area contributed by atoms with E-state index in [1.807, 2.05) is 19.2 Å². The van der Waals surface area contributed by atoms with Crippen LogP contribution in [0.3, 0.4) is 0 Å². The molecule has 76 valence electrons. The Morgan fingerprint density at radius 2 is 2.23 bits per heavy atom. The molecule has 0 amide bonds. The van der Waals surface area contributed by atoms with E-state index in [4.69, 9.17) is 0 Å².